The fourth-order valence-electron chi connectivity index (χ4n) is 1.15. The molecule has 0 amide bonds. The number of aryl methyl sites for hydroxylation is 1. The van der Waals surface area contributed by atoms with Crippen molar-refractivity contribution in [1.82, 2.24) is 0 Å². The van der Waals surface area contributed by atoms with Crippen molar-refractivity contribution in [3.05, 3.63) is 33.8 Å². The number of carbonyl (C=O) groups is 1. The van der Waals surface area contributed by atoms with Gasteiger partial charge in [0, 0.05) is 16.6 Å². The molecule has 0 aromatic heterocycles. The second-order valence-corrected chi connectivity index (χ2v) is 3.99. The lowest BCUT2D eigenvalue weighted by atomic mass is 10.0. The molecule has 1 atom stereocenters. The van der Waals surface area contributed by atoms with Crippen molar-refractivity contribution in [3.63, 3.8) is 0 Å². The van der Waals surface area contributed by atoms with E-state index in [2.05, 4.69) is 15.9 Å². The number of halogens is 1. The Morgan fingerprint density at radius 2 is 2.29 bits per heavy atom. The van der Waals surface area contributed by atoms with Crippen molar-refractivity contribution in [2.24, 2.45) is 5.73 Å². The van der Waals surface area contributed by atoms with Gasteiger partial charge in [0.15, 0.2) is 5.78 Å². The molecule has 1 rings (SSSR count). The molecular formula is C10H12BrNO2. The van der Waals surface area contributed by atoms with Crippen LogP contribution in [0.4, 0.5) is 0 Å². The van der Waals surface area contributed by atoms with Gasteiger partial charge in [0.1, 0.15) is 6.10 Å². The molecule has 0 aliphatic carbocycles. The number of carbonyl (C=O) groups excluding carboxylic acids is 1. The molecule has 0 saturated carbocycles. The average molecular weight is 258 g/mol. The van der Waals surface area contributed by atoms with Gasteiger partial charge < -0.3 is 10.8 Å². The van der Waals surface area contributed by atoms with Crippen LogP contribution >= 0.6 is 15.9 Å². The fraction of sp³-hybridized carbons (Fsp3) is 0.300. The maximum Gasteiger partial charge on any atom is 0.192 e. The first-order chi connectivity index (χ1) is 6.56. The molecule has 0 spiro atoms. The summed E-state index contributed by atoms with van der Waals surface area (Å²) in [6.07, 6.45) is -1.11. The number of nitrogens with two attached hydrogens (primary N) is 1. The third-order valence-corrected chi connectivity index (χ3v) is 2.48. The Labute approximate surface area is 91.1 Å². The van der Waals surface area contributed by atoms with Crippen molar-refractivity contribution in [3.8, 4) is 0 Å². The Morgan fingerprint density at radius 3 is 2.86 bits per heavy atom. The summed E-state index contributed by atoms with van der Waals surface area (Å²) in [6.45, 7) is 1.77. The summed E-state index contributed by atoms with van der Waals surface area (Å²) < 4.78 is 0.815. The standard InChI is InChI=1S/C10H12BrNO2/c1-6-2-3-7(11)4-8(6)10(14)9(13)5-12/h2-4,9,13H,5,12H2,1H3. The lowest BCUT2D eigenvalue weighted by Crippen LogP contribution is -2.29. The molecule has 4 heteroatoms. The molecule has 14 heavy (non-hydrogen) atoms. The largest absolute Gasteiger partial charge is 0.384 e. The van der Waals surface area contributed by atoms with Gasteiger partial charge in [0.25, 0.3) is 0 Å². The number of Topliss-reactive ketones (excluding diaryl/α,β-unsaturated/α-hetero) is 1. The zero-order valence-corrected chi connectivity index (χ0v) is 9.41. The highest BCUT2D eigenvalue weighted by atomic mass is 79.9. The predicted octanol–water partition coefficient (Wildman–Crippen LogP) is 1.26. The van der Waals surface area contributed by atoms with Crippen LogP contribution in [0.3, 0.4) is 0 Å². The van der Waals surface area contributed by atoms with E-state index in [1.807, 2.05) is 19.1 Å². The normalized spacial score (nSPS) is 12.6. The molecular weight excluding hydrogens is 246 g/mol. The third kappa shape index (κ3) is 2.41. The summed E-state index contributed by atoms with van der Waals surface area (Å²) >= 11 is 3.27. The molecule has 76 valence electrons. The topological polar surface area (TPSA) is 63.3 Å². The van der Waals surface area contributed by atoms with Gasteiger partial charge in [-0.15, -0.1) is 0 Å². The number of hydrogen-bond acceptors (Lipinski definition) is 3. The van der Waals surface area contributed by atoms with Crippen LogP contribution in [-0.4, -0.2) is 23.5 Å². The summed E-state index contributed by atoms with van der Waals surface area (Å²) in [5.74, 6) is -0.327. The average Bonchev–Trinajstić information content (AvgIpc) is 2.19. The number of benzene rings is 1. The first-order valence-corrected chi connectivity index (χ1v) is 5.04. The van der Waals surface area contributed by atoms with Crippen LogP contribution in [0.1, 0.15) is 15.9 Å². The van der Waals surface area contributed by atoms with Crippen LogP contribution in [0.15, 0.2) is 22.7 Å². The molecule has 0 heterocycles. The van der Waals surface area contributed by atoms with Crippen molar-refractivity contribution < 1.29 is 9.90 Å². The highest BCUT2D eigenvalue weighted by molar-refractivity contribution is 9.10. The van der Waals surface area contributed by atoms with E-state index < -0.39 is 6.10 Å². The van der Waals surface area contributed by atoms with E-state index in [1.54, 1.807) is 6.07 Å². The van der Waals surface area contributed by atoms with E-state index in [9.17, 15) is 9.90 Å². The minimum Gasteiger partial charge on any atom is -0.384 e. The molecule has 0 aliphatic rings. The number of aliphatic hydroxyl groups is 1. The lowest BCUT2D eigenvalue weighted by molar-refractivity contribution is 0.0762. The van der Waals surface area contributed by atoms with Crippen LogP contribution in [0.2, 0.25) is 0 Å². The molecule has 3 N–H and O–H groups in total. The zero-order chi connectivity index (χ0) is 10.7. The Kier molecular flexibility index (Phi) is 3.80. The van der Waals surface area contributed by atoms with E-state index in [0.29, 0.717) is 5.56 Å². The molecule has 1 aromatic rings. The SMILES string of the molecule is Cc1ccc(Br)cc1C(=O)C(O)CN. The zero-order valence-electron chi connectivity index (χ0n) is 7.83. The van der Waals surface area contributed by atoms with E-state index >= 15 is 0 Å². The first kappa shape index (κ1) is 11.4. The molecule has 0 bridgehead atoms. The molecule has 3 nitrogen and oxygen atoms in total. The maximum atomic E-state index is 11.6. The molecule has 1 aromatic carbocycles. The highest BCUT2D eigenvalue weighted by Crippen LogP contribution is 2.17. The monoisotopic (exact) mass is 257 g/mol. The Balaban J connectivity index is 3.06. The molecule has 0 saturated heterocycles. The van der Waals surface area contributed by atoms with Crippen LogP contribution in [0.25, 0.3) is 0 Å². The second kappa shape index (κ2) is 4.68. The minimum atomic E-state index is -1.11. The van der Waals surface area contributed by atoms with Crippen LogP contribution < -0.4 is 5.73 Å². The van der Waals surface area contributed by atoms with E-state index in [0.717, 1.165) is 10.0 Å². The molecule has 0 aliphatic heterocycles. The van der Waals surface area contributed by atoms with E-state index in [1.165, 1.54) is 0 Å². The van der Waals surface area contributed by atoms with Crippen molar-refractivity contribution in [1.29, 1.82) is 0 Å². The van der Waals surface area contributed by atoms with Gasteiger partial charge in [-0.2, -0.15) is 0 Å². The van der Waals surface area contributed by atoms with Crippen molar-refractivity contribution in [2.75, 3.05) is 6.54 Å². The number of hydrogen-bond donors (Lipinski definition) is 2. The number of ketones is 1. The first-order valence-electron chi connectivity index (χ1n) is 4.24. The predicted molar refractivity (Wildman–Crippen MR) is 58.3 cm³/mol. The Bertz CT molecular complexity index is 352. The second-order valence-electron chi connectivity index (χ2n) is 3.07. The van der Waals surface area contributed by atoms with Gasteiger partial charge in [-0.05, 0) is 24.6 Å². The highest BCUT2D eigenvalue weighted by Gasteiger charge is 2.17. The van der Waals surface area contributed by atoms with E-state index in [-0.39, 0.29) is 12.3 Å². The quantitative estimate of drug-likeness (QED) is 0.802. The third-order valence-electron chi connectivity index (χ3n) is 1.99. The Hall–Kier alpha value is -0.710. The lowest BCUT2D eigenvalue weighted by Gasteiger charge is -2.09. The van der Waals surface area contributed by atoms with Crippen LogP contribution in [0, 0.1) is 6.92 Å². The molecule has 0 fully saturated rings. The van der Waals surface area contributed by atoms with Gasteiger partial charge in [-0.3, -0.25) is 4.79 Å². The molecule has 1 unspecified atom stereocenters. The summed E-state index contributed by atoms with van der Waals surface area (Å²) in [7, 11) is 0. The van der Waals surface area contributed by atoms with Gasteiger partial charge in [-0.25, -0.2) is 0 Å². The van der Waals surface area contributed by atoms with Crippen LogP contribution in [0.5, 0.6) is 0 Å². The minimum absolute atomic E-state index is 0.0508. The van der Waals surface area contributed by atoms with Gasteiger partial charge >= 0.3 is 0 Å². The molecule has 0 radical (unpaired) electrons. The number of rotatable bonds is 3. The van der Waals surface area contributed by atoms with Crippen LogP contribution in [-0.2, 0) is 0 Å². The van der Waals surface area contributed by atoms with Gasteiger partial charge in [-0.1, -0.05) is 22.0 Å². The fourth-order valence-corrected chi connectivity index (χ4v) is 1.51. The smallest absolute Gasteiger partial charge is 0.192 e. The van der Waals surface area contributed by atoms with Gasteiger partial charge in [0.2, 0.25) is 0 Å². The number of aliphatic hydroxyl groups excluding tert-OH is 1. The summed E-state index contributed by atoms with van der Waals surface area (Å²) in [5.41, 5.74) is 6.57. The summed E-state index contributed by atoms with van der Waals surface area (Å²) in [5, 5.41) is 9.31. The summed E-state index contributed by atoms with van der Waals surface area (Å²) in [6, 6.07) is 5.36. The van der Waals surface area contributed by atoms with Crippen molar-refractivity contribution in [2.45, 2.75) is 13.0 Å². The maximum absolute atomic E-state index is 11.6. The Morgan fingerprint density at radius 1 is 1.64 bits per heavy atom. The van der Waals surface area contributed by atoms with Crippen molar-refractivity contribution >= 4 is 21.7 Å². The van der Waals surface area contributed by atoms with E-state index in [4.69, 9.17) is 5.73 Å². The van der Waals surface area contributed by atoms with Gasteiger partial charge in [0.05, 0.1) is 0 Å². The summed E-state index contributed by atoms with van der Waals surface area (Å²) in [4.78, 5) is 11.6.